The summed E-state index contributed by atoms with van der Waals surface area (Å²) >= 11 is 0. The number of fused-ring (bicyclic) bond motifs is 1. The van der Waals surface area contributed by atoms with Crippen LogP contribution in [0.1, 0.15) is 18.1 Å². The van der Waals surface area contributed by atoms with Gasteiger partial charge in [0.25, 0.3) is 5.56 Å². The van der Waals surface area contributed by atoms with Gasteiger partial charge in [-0.05, 0) is 73.2 Å². The van der Waals surface area contributed by atoms with Crippen molar-refractivity contribution >= 4 is 22.5 Å². The molecule has 0 unspecified atom stereocenters. The molecule has 4 aromatic rings. The van der Waals surface area contributed by atoms with Gasteiger partial charge in [-0.1, -0.05) is 30.3 Å². The SMILES string of the molecule is CCOc1ccc(NC(=O)Cn2c(=O)c(CCc3ccccc3)cc3ccc(OC)cc32)cc1. The summed E-state index contributed by atoms with van der Waals surface area (Å²) in [5, 5.41) is 3.76. The summed E-state index contributed by atoms with van der Waals surface area (Å²) in [7, 11) is 1.58. The molecular weight excluding hydrogens is 428 g/mol. The second-order valence-electron chi connectivity index (χ2n) is 7.98. The summed E-state index contributed by atoms with van der Waals surface area (Å²) in [6.45, 7) is 2.39. The number of nitrogens with one attached hydrogen (secondary N) is 1. The Morgan fingerprint density at radius 3 is 2.35 bits per heavy atom. The zero-order chi connectivity index (χ0) is 23.9. The number of benzene rings is 3. The highest BCUT2D eigenvalue weighted by atomic mass is 16.5. The van der Waals surface area contributed by atoms with E-state index in [9.17, 15) is 9.59 Å². The van der Waals surface area contributed by atoms with Crippen LogP contribution in [-0.4, -0.2) is 24.2 Å². The second kappa shape index (κ2) is 10.7. The Labute approximate surface area is 198 Å². The Morgan fingerprint density at radius 2 is 1.65 bits per heavy atom. The first-order valence-corrected chi connectivity index (χ1v) is 11.3. The fourth-order valence-electron chi connectivity index (χ4n) is 3.94. The van der Waals surface area contributed by atoms with E-state index < -0.39 is 0 Å². The average molecular weight is 457 g/mol. The average Bonchev–Trinajstić information content (AvgIpc) is 2.86. The number of carbonyl (C=O) groups is 1. The molecule has 6 heteroatoms. The van der Waals surface area contributed by atoms with E-state index in [1.807, 2.05) is 43.3 Å². The highest BCUT2D eigenvalue weighted by Gasteiger charge is 2.14. The van der Waals surface area contributed by atoms with Crippen LogP contribution in [-0.2, 0) is 24.2 Å². The predicted molar refractivity (Wildman–Crippen MR) is 135 cm³/mol. The summed E-state index contributed by atoms with van der Waals surface area (Å²) in [6, 6.07) is 24.7. The maximum absolute atomic E-state index is 13.4. The van der Waals surface area contributed by atoms with Crippen LogP contribution in [0.15, 0.2) is 83.7 Å². The number of anilines is 1. The molecule has 0 aliphatic rings. The van der Waals surface area contributed by atoms with Gasteiger partial charge in [-0.3, -0.25) is 14.2 Å². The van der Waals surface area contributed by atoms with Crippen molar-refractivity contribution < 1.29 is 14.3 Å². The van der Waals surface area contributed by atoms with E-state index in [2.05, 4.69) is 17.4 Å². The molecule has 0 bridgehead atoms. The van der Waals surface area contributed by atoms with Crippen molar-refractivity contribution in [1.29, 1.82) is 0 Å². The molecule has 1 amide bonds. The first kappa shape index (κ1) is 23.1. The summed E-state index contributed by atoms with van der Waals surface area (Å²) in [4.78, 5) is 26.3. The van der Waals surface area contributed by atoms with E-state index >= 15 is 0 Å². The van der Waals surface area contributed by atoms with Gasteiger partial charge in [-0.15, -0.1) is 0 Å². The van der Waals surface area contributed by atoms with Crippen LogP contribution in [0, 0.1) is 0 Å². The van der Waals surface area contributed by atoms with E-state index in [-0.39, 0.29) is 18.0 Å². The van der Waals surface area contributed by atoms with Gasteiger partial charge in [0.1, 0.15) is 18.0 Å². The van der Waals surface area contributed by atoms with Crippen molar-refractivity contribution in [1.82, 2.24) is 4.57 Å². The quantitative estimate of drug-likeness (QED) is 0.392. The molecule has 6 nitrogen and oxygen atoms in total. The van der Waals surface area contributed by atoms with E-state index in [1.165, 1.54) is 4.57 Å². The van der Waals surface area contributed by atoms with E-state index in [1.54, 1.807) is 37.4 Å². The molecule has 34 heavy (non-hydrogen) atoms. The third-order valence-corrected chi connectivity index (χ3v) is 5.65. The van der Waals surface area contributed by atoms with Crippen LogP contribution < -0.4 is 20.3 Å². The third-order valence-electron chi connectivity index (χ3n) is 5.65. The van der Waals surface area contributed by atoms with Gasteiger partial charge in [0.05, 0.1) is 19.2 Å². The zero-order valence-corrected chi connectivity index (χ0v) is 19.4. The lowest BCUT2D eigenvalue weighted by Crippen LogP contribution is -2.30. The van der Waals surface area contributed by atoms with Crippen molar-refractivity contribution in [3.63, 3.8) is 0 Å². The zero-order valence-electron chi connectivity index (χ0n) is 19.4. The molecular formula is C28H28N2O4. The molecule has 1 N–H and O–H groups in total. The number of aromatic nitrogens is 1. The number of carbonyl (C=O) groups excluding carboxylic acids is 1. The minimum absolute atomic E-state index is 0.102. The molecule has 0 radical (unpaired) electrons. The lowest BCUT2D eigenvalue weighted by Gasteiger charge is -2.14. The molecule has 4 rings (SSSR count). The molecule has 1 aromatic heterocycles. The number of ether oxygens (including phenoxy) is 2. The Balaban J connectivity index is 1.62. The van der Waals surface area contributed by atoms with Crippen LogP contribution >= 0.6 is 0 Å². The smallest absolute Gasteiger partial charge is 0.254 e. The summed E-state index contributed by atoms with van der Waals surface area (Å²) < 4.78 is 12.3. The molecule has 3 aromatic carbocycles. The standard InChI is InChI=1S/C28H28N2O4/c1-3-34-24-15-12-23(13-16-24)29-27(31)19-30-26-18-25(33-2)14-11-21(26)17-22(28(30)32)10-9-20-7-5-4-6-8-20/h4-8,11-18H,3,9-10,19H2,1-2H3,(H,29,31). The molecule has 0 atom stereocenters. The number of nitrogens with zero attached hydrogens (tertiary/aromatic N) is 1. The van der Waals surface area contributed by atoms with Crippen molar-refractivity contribution in [3.05, 3.63) is 100 Å². The molecule has 0 saturated carbocycles. The Kier molecular flexibility index (Phi) is 7.28. The van der Waals surface area contributed by atoms with Crippen LogP contribution in [0.2, 0.25) is 0 Å². The van der Waals surface area contributed by atoms with Gasteiger partial charge in [0.15, 0.2) is 0 Å². The summed E-state index contributed by atoms with van der Waals surface area (Å²) in [5.41, 5.74) is 2.98. The number of hydrogen-bond acceptors (Lipinski definition) is 4. The number of pyridine rings is 1. The van der Waals surface area contributed by atoms with Crippen molar-refractivity contribution in [2.75, 3.05) is 19.0 Å². The van der Waals surface area contributed by atoms with Crippen LogP contribution in [0.5, 0.6) is 11.5 Å². The summed E-state index contributed by atoms with van der Waals surface area (Å²) in [5.74, 6) is 1.08. The van der Waals surface area contributed by atoms with Gasteiger partial charge in [0.2, 0.25) is 5.91 Å². The van der Waals surface area contributed by atoms with Crippen molar-refractivity contribution in [2.24, 2.45) is 0 Å². The van der Waals surface area contributed by atoms with E-state index in [4.69, 9.17) is 9.47 Å². The van der Waals surface area contributed by atoms with Gasteiger partial charge < -0.3 is 14.8 Å². The predicted octanol–water partition coefficient (Wildman–Crippen LogP) is 4.83. The van der Waals surface area contributed by atoms with Gasteiger partial charge in [0, 0.05) is 17.3 Å². The summed E-state index contributed by atoms with van der Waals surface area (Å²) in [6.07, 6.45) is 1.33. The number of hydrogen-bond donors (Lipinski definition) is 1. The first-order valence-electron chi connectivity index (χ1n) is 11.3. The molecule has 0 aliphatic carbocycles. The molecule has 0 fully saturated rings. The van der Waals surface area contributed by atoms with Crippen molar-refractivity contribution in [3.8, 4) is 11.5 Å². The first-order chi connectivity index (χ1) is 16.6. The Hall–Kier alpha value is -4.06. The van der Waals surface area contributed by atoms with Gasteiger partial charge in [-0.2, -0.15) is 0 Å². The van der Waals surface area contributed by atoms with Crippen LogP contribution in [0.4, 0.5) is 5.69 Å². The topological polar surface area (TPSA) is 69.6 Å². The molecule has 1 heterocycles. The van der Waals surface area contributed by atoms with Gasteiger partial charge in [-0.25, -0.2) is 0 Å². The highest BCUT2D eigenvalue weighted by molar-refractivity contribution is 5.92. The third kappa shape index (κ3) is 5.46. The maximum Gasteiger partial charge on any atom is 0.254 e. The van der Waals surface area contributed by atoms with Crippen molar-refractivity contribution in [2.45, 2.75) is 26.3 Å². The largest absolute Gasteiger partial charge is 0.497 e. The lowest BCUT2D eigenvalue weighted by molar-refractivity contribution is -0.116. The normalized spacial score (nSPS) is 10.8. The Bertz CT molecular complexity index is 1330. The fraction of sp³-hybridized carbons (Fsp3) is 0.214. The number of aryl methyl sites for hydroxylation is 2. The van der Waals surface area contributed by atoms with E-state index in [0.29, 0.717) is 35.5 Å². The second-order valence-corrected chi connectivity index (χ2v) is 7.98. The number of amides is 1. The molecule has 174 valence electrons. The fourth-order valence-corrected chi connectivity index (χ4v) is 3.94. The number of methoxy groups -OCH3 is 1. The number of rotatable bonds is 9. The molecule has 0 saturated heterocycles. The van der Waals surface area contributed by atoms with Crippen LogP contribution in [0.3, 0.4) is 0 Å². The molecule has 0 spiro atoms. The highest BCUT2D eigenvalue weighted by Crippen LogP contribution is 2.22. The maximum atomic E-state index is 13.4. The monoisotopic (exact) mass is 456 g/mol. The van der Waals surface area contributed by atoms with Crippen LogP contribution in [0.25, 0.3) is 10.9 Å². The minimum atomic E-state index is -0.282. The minimum Gasteiger partial charge on any atom is -0.497 e. The molecule has 0 aliphatic heterocycles. The van der Waals surface area contributed by atoms with Gasteiger partial charge >= 0.3 is 0 Å². The van der Waals surface area contributed by atoms with E-state index in [0.717, 1.165) is 23.1 Å². The Morgan fingerprint density at radius 1 is 0.912 bits per heavy atom. The lowest BCUT2D eigenvalue weighted by atomic mass is 10.0.